The van der Waals surface area contributed by atoms with Crippen LogP contribution in [0.15, 0.2) is 41.1 Å². The predicted octanol–water partition coefficient (Wildman–Crippen LogP) is 5.27. The van der Waals surface area contributed by atoms with Gasteiger partial charge in [-0.15, -0.1) is 22.7 Å². The third-order valence-electron chi connectivity index (χ3n) is 5.13. The van der Waals surface area contributed by atoms with Crippen molar-refractivity contribution >= 4 is 33.7 Å². The molecule has 3 aromatic rings. The molecule has 0 aliphatic rings. The number of methoxy groups -OCH3 is 2. The monoisotopic (exact) mass is 459 g/mol. The number of carbonyl (C=O) groups is 1. The second-order valence-corrected chi connectivity index (χ2v) is 8.68. The number of benzene rings is 1. The predicted molar refractivity (Wildman–Crippen MR) is 129 cm³/mol. The zero-order valence-electron chi connectivity index (χ0n) is 18.5. The first-order valence-electron chi connectivity index (χ1n) is 10.4. The molecule has 0 bridgehead atoms. The minimum Gasteiger partial charge on any atom is -0.497 e. The van der Waals surface area contributed by atoms with Crippen LogP contribution < -0.4 is 14.4 Å². The number of aromatic nitrogens is 1. The third-order valence-corrected chi connectivity index (χ3v) is 6.85. The van der Waals surface area contributed by atoms with Gasteiger partial charge in [0.1, 0.15) is 11.5 Å². The lowest BCUT2D eigenvalue weighted by atomic mass is 10.1. The number of hydrogen-bond donors (Lipinski definition) is 0. The number of hydrogen-bond acceptors (Lipinski definition) is 7. The van der Waals surface area contributed by atoms with Gasteiger partial charge < -0.3 is 14.4 Å². The summed E-state index contributed by atoms with van der Waals surface area (Å²) in [5, 5.41) is 4.58. The molecule has 31 heavy (non-hydrogen) atoms. The highest BCUT2D eigenvalue weighted by Gasteiger charge is 2.22. The van der Waals surface area contributed by atoms with Gasteiger partial charge in [0.25, 0.3) is 5.91 Å². The smallest absolute Gasteiger partial charge is 0.270 e. The summed E-state index contributed by atoms with van der Waals surface area (Å²) >= 11 is 2.93. The standard InChI is InChI=1S/C23H29N3O3S2/c1-5-25(6-2)12-8-13-26(22(27)21-9-7-14-30-21)23-24-19(16-31-23)18-15-17(28-3)10-11-20(18)29-4/h7,9-11,14-16H,5-6,8,12-13H2,1-4H3. The first kappa shape index (κ1) is 23.2. The van der Waals surface area contributed by atoms with Crippen molar-refractivity contribution in [1.29, 1.82) is 0 Å². The molecule has 0 fully saturated rings. The molecule has 6 nitrogen and oxygen atoms in total. The van der Waals surface area contributed by atoms with E-state index in [2.05, 4.69) is 18.7 Å². The van der Waals surface area contributed by atoms with Gasteiger partial charge in [-0.3, -0.25) is 9.69 Å². The van der Waals surface area contributed by atoms with Crippen molar-refractivity contribution in [1.82, 2.24) is 9.88 Å². The van der Waals surface area contributed by atoms with Crippen LogP contribution in [-0.4, -0.2) is 56.2 Å². The molecule has 0 aliphatic heterocycles. The molecule has 0 saturated carbocycles. The lowest BCUT2D eigenvalue weighted by Crippen LogP contribution is -2.34. The average Bonchev–Trinajstić information content (AvgIpc) is 3.51. The molecule has 0 atom stereocenters. The number of ether oxygens (including phenoxy) is 2. The van der Waals surface area contributed by atoms with Gasteiger partial charge in [-0.05, 0) is 55.7 Å². The van der Waals surface area contributed by atoms with Crippen LogP contribution in [0.3, 0.4) is 0 Å². The Hall–Kier alpha value is -2.42. The fourth-order valence-electron chi connectivity index (χ4n) is 3.34. The van der Waals surface area contributed by atoms with Crippen molar-refractivity contribution in [2.24, 2.45) is 0 Å². The molecule has 0 aliphatic carbocycles. The van der Waals surface area contributed by atoms with E-state index >= 15 is 0 Å². The zero-order valence-corrected chi connectivity index (χ0v) is 20.1. The Morgan fingerprint density at radius 3 is 2.52 bits per heavy atom. The summed E-state index contributed by atoms with van der Waals surface area (Å²) in [5.74, 6) is 1.44. The maximum atomic E-state index is 13.2. The van der Waals surface area contributed by atoms with Gasteiger partial charge in [-0.2, -0.15) is 0 Å². The molecule has 0 spiro atoms. The van der Waals surface area contributed by atoms with E-state index in [-0.39, 0.29) is 5.91 Å². The molecule has 0 unspecified atom stereocenters. The molecule has 166 valence electrons. The van der Waals surface area contributed by atoms with E-state index in [1.165, 1.54) is 22.7 Å². The van der Waals surface area contributed by atoms with Crippen LogP contribution >= 0.6 is 22.7 Å². The normalized spacial score (nSPS) is 11.0. The molecule has 3 rings (SSSR count). The van der Waals surface area contributed by atoms with E-state index in [1.54, 1.807) is 19.1 Å². The van der Waals surface area contributed by atoms with Crippen molar-refractivity contribution < 1.29 is 14.3 Å². The summed E-state index contributed by atoms with van der Waals surface area (Å²) in [5.41, 5.74) is 1.61. The van der Waals surface area contributed by atoms with Gasteiger partial charge in [0.15, 0.2) is 5.13 Å². The van der Waals surface area contributed by atoms with Crippen molar-refractivity contribution in [3.05, 3.63) is 46.0 Å². The number of carbonyl (C=O) groups excluding carboxylic acids is 1. The highest BCUT2D eigenvalue weighted by Crippen LogP contribution is 2.36. The summed E-state index contributed by atoms with van der Waals surface area (Å²) in [6.07, 6.45) is 0.885. The minimum absolute atomic E-state index is 0.00643. The maximum absolute atomic E-state index is 13.2. The number of amides is 1. The van der Waals surface area contributed by atoms with Crippen LogP contribution in [-0.2, 0) is 0 Å². The van der Waals surface area contributed by atoms with Gasteiger partial charge in [0, 0.05) is 17.5 Å². The van der Waals surface area contributed by atoms with Gasteiger partial charge in [-0.1, -0.05) is 19.9 Å². The van der Waals surface area contributed by atoms with Gasteiger partial charge in [-0.25, -0.2) is 4.98 Å². The SMILES string of the molecule is CCN(CC)CCCN(C(=O)c1cccs1)c1nc(-c2cc(OC)ccc2OC)cs1. The molecule has 1 amide bonds. The Balaban J connectivity index is 1.88. The van der Waals surface area contributed by atoms with Crippen LogP contribution in [0.2, 0.25) is 0 Å². The fraction of sp³-hybridized carbons (Fsp3) is 0.391. The first-order valence-corrected chi connectivity index (χ1v) is 12.1. The second kappa shape index (κ2) is 11.3. The Morgan fingerprint density at radius 2 is 1.87 bits per heavy atom. The molecular weight excluding hydrogens is 430 g/mol. The van der Waals surface area contributed by atoms with Crippen LogP contribution in [0.25, 0.3) is 11.3 Å². The van der Waals surface area contributed by atoms with Gasteiger partial charge in [0.2, 0.25) is 0 Å². The van der Waals surface area contributed by atoms with Crippen molar-refractivity contribution in [2.75, 3.05) is 45.3 Å². The molecule has 0 N–H and O–H groups in total. The van der Waals surface area contributed by atoms with Crippen LogP contribution in [0.5, 0.6) is 11.5 Å². The van der Waals surface area contributed by atoms with Gasteiger partial charge >= 0.3 is 0 Å². The second-order valence-electron chi connectivity index (χ2n) is 6.90. The number of anilines is 1. The summed E-state index contributed by atoms with van der Waals surface area (Å²) in [7, 11) is 3.27. The Morgan fingerprint density at radius 1 is 1.06 bits per heavy atom. The maximum Gasteiger partial charge on any atom is 0.270 e. The number of rotatable bonds is 11. The number of thiophene rings is 1. The third kappa shape index (κ3) is 5.64. The highest BCUT2D eigenvalue weighted by molar-refractivity contribution is 7.14. The van der Waals surface area contributed by atoms with Crippen LogP contribution in [0, 0.1) is 0 Å². The number of nitrogens with zero attached hydrogens (tertiary/aromatic N) is 3. The van der Waals surface area contributed by atoms with E-state index in [0.717, 1.165) is 53.7 Å². The molecule has 0 radical (unpaired) electrons. The molecule has 0 saturated heterocycles. The summed E-state index contributed by atoms with van der Waals surface area (Å²) < 4.78 is 10.9. The topological polar surface area (TPSA) is 54.9 Å². The molecular formula is C23H29N3O3S2. The van der Waals surface area contributed by atoms with Crippen LogP contribution in [0.4, 0.5) is 5.13 Å². The Kier molecular flexibility index (Phi) is 8.45. The summed E-state index contributed by atoms with van der Waals surface area (Å²) in [6.45, 7) is 7.90. The summed E-state index contributed by atoms with van der Waals surface area (Å²) in [4.78, 5) is 22.9. The molecule has 2 heterocycles. The highest BCUT2D eigenvalue weighted by atomic mass is 32.1. The lowest BCUT2D eigenvalue weighted by molar-refractivity contribution is 0.0989. The zero-order chi connectivity index (χ0) is 22.2. The average molecular weight is 460 g/mol. The minimum atomic E-state index is -0.00643. The number of thiazole rings is 1. The van der Waals surface area contributed by atoms with E-state index in [0.29, 0.717) is 11.7 Å². The molecule has 1 aromatic carbocycles. The van der Waals surface area contributed by atoms with Crippen molar-refractivity contribution in [2.45, 2.75) is 20.3 Å². The van der Waals surface area contributed by atoms with Crippen molar-refractivity contribution in [3.63, 3.8) is 0 Å². The molecule has 8 heteroatoms. The quantitative estimate of drug-likeness (QED) is 0.391. The summed E-state index contributed by atoms with van der Waals surface area (Å²) in [6, 6.07) is 9.40. The first-order chi connectivity index (χ1) is 15.1. The van der Waals surface area contributed by atoms with E-state index in [4.69, 9.17) is 14.5 Å². The Labute approximate surface area is 192 Å². The molecule has 2 aromatic heterocycles. The largest absolute Gasteiger partial charge is 0.497 e. The Bertz CT molecular complexity index is 968. The van der Waals surface area contributed by atoms with E-state index < -0.39 is 0 Å². The van der Waals surface area contributed by atoms with E-state index in [1.807, 2.05) is 41.1 Å². The van der Waals surface area contributed by atoms with Crippen LogP contribution in [0.1, 0.15) is 29.9 Å². The fourth-order valence-corrected chi connectivity index (χ4v) is 4.86. The van der Waals surface area contributed by atoms with Gasteiger partial charge in [0.05, 0.1) is 24.8 Å². The van der Waals surface area contributed by atoms with Crippen molar-refractivity contribution in [3.8, 4) is 22.8 Å². The lowest BCUT2D eigenvalue weighted by Gasteiger charge is -2.22. The van der Waals surface area contributed by atoms with E-state index in [9.17, 15) is 4.79 Å².